The first kappa shape index (κ1) is 16.3. The van der Waals surface area contributed by atoms with E-state index in [1.807, 2.05) is 10.9 Å². The summed E-state index contributed by atoms with van der Waals surface area (Å²) in [7, 11) is 0. The summed E-state index contributed by atoms with van der Waals surface area (Å²) in [5.74, 6) is 0. The molecule has 3 N–H and O–H groups in total. The van der Waals surface area contributed by atoms with Crippen molar-refractivity contribution in [3.05, 3.63) is 12.4 Å². The van der Waals surface area contributed by atoms with Gasteiger partial charge in [-0.3, -0.25) is 4.68 Å². The summed E-state index contributed by atoms with van der Waals surface area (Å²) >= 11 is 0. The molecule has 0 atom stereocenters. The number of hydrogen-bond acceptors (Lipinski definition) is 4. The highest BCUT2D eigenvalue weighted by atomic mass is 16.3. The van der Waals surface area contributed by atoms with Crippen LogP contribution in [0.25, 0.3) is 0 Å². The number of likely N-dealkylation sites (tertiary alicyclic amines) is 1. The van der Waals surface area contributed by atoms with E-state index in [-0.39, 0.29) is 18.1 Å². The lowest BCUT2D eigenvalue weighted by molar-refractivity contribution is 0.206. The lowest BCUT2D eigenvalue weighted by Gasteiger charge is -2.26. The molecule has 0 unspecified atom stereocenters. The molecule has 1 aromatic heterocycles. The second-order valence-electron chi connectivity index (χ2n) is 6.86. The summed E-state index contributed by atoms with van der Waals surface area (Å²) in [5.41, 5.74) is 0.630. The van der Waals surface area contributed by atoms with Crippen LogP contribution in [0.15, 0.2) is 12.4 Å². The predicted octanol–water partition coefficient (Wildman–Crippen LogP) is 1.26. The molecule has 0 bridgehead atoms. The molecule has 2 aliphatic rings. The van der Waals surface area contributed by atoms with E-state index in [9.17, 15) is 9.90 Å². The van der Waals surface area contributed by atoms with Gasteiger partial charge < -0.3 is 20.6 Å². The third-order valence-corrected chi connectivity index (χ3v) is 4.90. The third-order valence-electron chi connectivity index (χ3n) is 4.90. The van der Waals surface area contributed by atoms with Gasteiger partial charge in [0.1, 0.15) is 0 Å². The Morgan fingerprint density at radius 1 is 1.26 bits per heavy atom. The largest absolute Gasteiger partial charge is 0.396 e. The van der Waals surface area contributed by atoms with Crippen molar-refractivity contribution < 1.29 is 9.90 Å². The van der Waals surface area contributed by atoms with Gasteiger partial charge in [0.15, 0.2) is 0 Å². The Kier molecular flexibility index (Phi) is 5.17. The van der Waals surface area contributed by atoms with Crippen molar-refractivity contribution in [1.29, 1.82) is 0 Å². The van der Waals surface area contributed by atoms with Gasteiger partial charge in [0.05, 0.1) is 25.0 Å². The van der Waals surface area contributed by atoms with Crippen LogP contribution in [0.3, 0.4) is 0 Å². The first-order valence-electron chi connectivity index (χ1n) is 8.60. The number of anilines is 1. The van der Waals surface area contributed by atoms with Gasteiger partial charge in [0, 0.05) is 24.7 Å². The molecule has 2 fully saturated rings. The van der Waals surface area contributed by atoms with Gasteiger partial charge in [-0.1, -0.05) is 6.42 Å². The minimum atomic E-state index is -0.236. The molecule has 0 spiro atoms. The quantitative estimate of drug-likeness (QED) is 0.706. The number of hydrogen-bond donors (Lipinski definition) is 3. The number of aliphatic hydroxyl groups excluding tert-OH is 1. The van der Waals surface area contributed by atoms with Crippen LogP contribution >= 0.6 is 0 Å². The zero-order valence-electron chi connectivity index (χ0n) is 13.6. The molecule has 23 heavy (non-hydrogen) atoms. The van der Waals surface area contributed by atoms with Crippen LogP contribution in [0.2, 0.25) is 0 Å². The molecular formula is C16H27N5O2. The van der Waals surface area contributed by atoms with Gasteiger partial charge in [-0.05, 0) is 38.8 Å². The number of carbonyl (C=O) groups is 1. The normalized spacial score (nSPS) is 20.2. The predicted molar refractivity (Wildman–Crippen MR) is 88.3 cm³/mol. The molecule has 1 saturated carbocycles. The number of aromatic nitrogens is 2. The van der Waals surface area contributed by atoms with Gasteiger partial charge >= 0.3 is 6.03 Å². The number of carbonyl (C=O) groups excluding carboxylic acids is 1. The molecule has 128 valence electrons. The van der Waals surface area contributed by atoms with Crippen molar-refractivity contribution in [2.75, 3.05) is 38.1 Å². The second-order valence-corrected chi connectivity index (χ2v) is 6.86. The Morgan fingerprint density at radius 2 is 2.04 bits per heavy atom. The van der Waals surface area contributed by atoms with Crippen LogP contribution in [0, 0.1) is 5.41 Å². The summed E-state index contributed by atoms with van der Waals surface area (Å²) < 4.78 is 1.88. The van der Waals surface area contributed by atoms with Crippen molar-refractivity contribution in [1.82, 2.24) is 20.0 Å². The Labute approximate surface area is 137 Å². The van der Waals surface area contributed by atoms with Crippen molar-refractivity contribution in [3.8, 4) is 0 Å². The van der Waals surface area contributed by atoms with E-state index in [2.05, 4.69) is 20.6 Å². The second kappa shape index (κ2) is 7.31. The molecule has 1 aliphatic carbocycles. The van der Waals surface area contributed by atoms with Crippen molar-refractivity contribution in [3.63, 3.8) is 0 Å². The summed E-state index contributed by atoms with van der Waals surface area (Å²) in [6.07, 6.45) is 9.44. The molecular weight excluding hydrogens is 294 g/mol. The van der Waals surface area contributed by atoms with Crippen molar-refractivity contribution >= 4 is 11.7 Å². The van der Waals surface area contributed by atoms with Crippen LogP contribution in [0.1, 0.15) is 32.1 Å². The van der Waals surface area contributed by atoms with Crippen LogP contribution in [0.5, 0.6) is 0 Å². The Balaban J connectivity index is 1.39. The van der Waals surface area contributed by atoms with Gasteiger partial charge in [-0.2, -0.15) is 5.10 Å². The van der Waals surface area contributed by atoms with E-state index in [1.54, 1.807) is 6.20 Å². The number of rotatable bonds is 7. The number of aliphatic hydroxyl groups is 1. The Hall–Kier alpha value is -1.60. The molecule has 1 aliphatic heterocycles. The topological polar surface area (TPSA) is 82.4 Å². The van der Waals surface area contributed by atoms with Crippen LogP contribution in [-0.4, -0.2) is 58.6 Å². The van der Waals surface area contributed by atoms with Gasteiger partial charge in [-0.25, -0.2) is 4.79 Å². The maximum absolute atomic E-state index is 11.9. The molecule has 2 amide bonds. The van der Waals surface area contributed by atoms with Crippen molar-refractivity contribution in [2.45, 2.75) is 38.6 Å². The number of piperidine rings is 1. The molecule has 0 aromatic carbocycles. The Morgan fingerprint density at radius 3 is 2.74 bits per heavy atom. The molecule has 3 rings (SSSR count). The van der Waals surface area contributed by atoms with E-state index in [0.717, 1.165) is 25.9 Å². The fraction of sp³-hybridized carbons (Fsp3) is 0.750. The molecule has 7 nitrogen and oxygen atoms in total. The maximum Gasteiger partial charge on any atom is 0.319 e. The van der Waals surface area contributed by atoms with Crippen molar-refractivity contribution in [2.24, 2.45) is 5.41 Å². The number of amides is 2. The Bertz CT molecular complexity index is 520. The zero-order chi connectivity index (χ0) is 16.1. The van der Waals surface area contributed by atoms with Crippen LogP contribution < -0.4 is 10.6 Å². The standard InChI is InChI=1S/C16H27N5O2/c22-13-16(4-5-16)12-17-15(23)19-14-10-18-21(11-14)9-8-20-6-2-1-3-7-20/h10-11,22H,1-9,12-13H2,(H2,17,19,23). The third kappa shape index (κ3) is 4.68. The highest BCUT2D eigenvalue weighted by Crippen LogP contribution is 2.44. The molecule has 1 aromatic rings. The van der Waals surface area contributed by atoms with E-state index < -0.39 is 0 Å². The van der Waals surface area contributed by atoms with E-state index >= 15 is 0 Å². The number of nitrogens with one attached hydrogen (secondary N) is 2. The minimum absolute atomic E-state index is 0.0734. The highest BCUT2D eigenvalue weighted by molar-refractivity contribution is 5.88. The molecule has 2 heterocycles. The number of nitrogens with zero attached hydrogens (tertiary/aromatic N) is 3. The van der Waals surface area contributed by atoms with Crippen LogP contribution in [0.4, 0.5) is 10.5 Å². The first-order valence-corrected chi connectivity index (χ1v) is 8.60. The lowest BCUT2D eigenvalue weighted by Crippen LogP contribution is -2.35. The van der Waals surface area contributed by atoms with Gasteiger partial charge in [0.25, 0.3) is 0 Å². The summed E-state index contributed by atoms with van der Waals surface area (Å²) in [4.78, 5) is 14.3. The van der Waals surface area contributed by atoms with E-state index in [0.29, 0.717) is 12.2 Å². The summed E-state index contributed by atoms with van der Waals surface area (Å²) in [6, 6.07) is -0.236. The number of urea groups is 1. The van der Waals surface area contributed by atoms with E-state index in [4.69, 9.17) is 0 Å². The average Bonchev–Trinajstić information content (AvgIpc) is 3.24. The monoisotopic (exact) mass is 321 g/mol. The van der Waals surface area contributed by atoms with Gasteiger partial charge in [0.2, 0.25) is 0 Å². The molecule has 1 saturated heterocycles. The SMILES string of the molecule is O=C(NCC1(CO)CC1)Nc1cnn(CCN2CCCCC2)c1. The minimum Gasteiger partial charge on any atom is -0.396 e. The maximum atomic E-state index is 11.9. The molecule has 7 heteroatoms. The summed E-state index contributed by atoms with van der Waals surface area (Å²) in [6.45, 7) is 4.88. The fourth-order valence-electron chi connectivity index (χ4n) is 2.99. The molecule has 0 radical (unpaired) electrons. The smallest absolute Gasteiger partial charge is 0.319 e. The summed E-state index contributed by atoms with van der Waals surface area (Å²) in [5, 5.41) is 19.2. The lowest BCUT2D eigenvalue weighted by atomic mass is 10.1. The first-order chi connectivity index (χ1) is 11.2. The van der Waals surface area contributed by atoms with Gasteiger partial charge in [-0.15, -0.1) is 0 Å². The van der Waals surface area contributed by atoms with E-state index in [1.165, 1.54) is 32.4 Å². The zero-order valence-corrected chi connectivity index (χ0v) is 13.6. The fourth-order valence-corrected chi connectivity index (χ4v) is 2.99. The van der Waals surface area contributed by atoms with Crippen LogP contribution in [-0.2, 0) is 6.54 Å². The highest BCUT2D eigenvalue weighted by Gasteiger charge is 2.42. The average molecular weight is 321 g/mol.